The lowest BCUT2D eigenvalue weighted by Crippen LogP contribution is -2.00. The predicted molar refractivity (Wildman–Crippen MR) is 112 cm³/mol. The van der Waals surface area contributed by atoms with Crippen LogP contribution in [0.1, 0.15) is 5.69 Å². The van der Waals surface area contributed by atoms with Gasteiger partial charge in [-0.15, -0.1) is 0 Å². The van der Waals surface area contributed by atoms with Crippen molar-refractivity contribution >= 4 is 57.2 Å². The number of fused-ring (bicyclic) bond motifs is 1. The van der Waals surface area contributed by atoms with Gasteiger partial charge in [0.15, 0.2) is 5.82 Å². The van der Waals surface area contributed by atoms with E-state index in [4.69, 9.17) is 39.8 Å². The number of rotatable bonds is 3. The van der Waals surface area contributed by atoms with E-state index in [2.05, 4.69) is 15.3 Å². The molecule has 0 aliphatic rings. The minimum atomic E-state index is 0.536. The van der Waals surface area contributed by atoms with Gasteiger partial charge in [-0.3, -0.25) is 4.98 Å². The third kappa shape index (κ3) is 3.98. The van der Waals surface area contributed by atoms with Gasteiger partial charge in [0.05, 0.1) is 5.52 Å². The number of benzene rings is 2. The van der Waals surface area contributed by atoms with E-state index in [0.29, 0.717) is 26.7 Å². The van der Waals surface area contributed by atoms with Gasteiger partial charge in [-0.1, -0.05) is 34.8 Å². The van der Waals surface area contributed by atoms with E-state index in [9.17, 15) is 0 Å². The van der Waals surface area contributed by atoms with Gasteiger partial charge in [-0.05, 0) is 55.5 Å². The average molecular weight is 416 g/mol. The molecule has 1 N–H and O–H groups in total. The minimum Gasteiger partial charge on any atom is -0.340 e. The van der Waals surface area contributed by atoms with Gasteiger partial charge in [0.25, 0.3) is 0 Å². The number of aryl methyl sites for hydroxylation is 1. The molecular weight excluding hydrogens is 403 g/mol. The lowest BCUT2D eigenvalue weighted by atomic mass is 10.2. The van der Waals surface area contributed by atoms with E-state index in [1.807, 2.05) is 25.1 Å². The van der Waals surface area contributed by atoms with Crippen molar-refractivity contribution in [2.75, 3.05) is 5.32 Å². The number of aromatic nitrogens is 3. The molecule has 2 heterocycles. The summed E-state index contributed by atoms with van der Waals surface area (Å²) in [4.78, 5) is 13.7. The van der Waals surface area contributed by atoms with Crippen LogP contribution in [0.4, 0.5) is 11.5 Å². The first-order valence-corrected chi connectivity index (χ1v) is 9.25. The summed E-state index contributed by atoms with van der Waals surface area (Å²) >= 11 is 18.4. The Morgan fingerprint density at radius 2 is 1.59 bits per heavy atom. The first-order chi connectivity index (χ1) is 13.0. The molecule has 0 atom stereocenters. The summed E-state index contributed by atoms with van der Waals surface area (Å²) in [7, 11) is 0. The zero-order valence-electron chi connectivity index (χ0n) is 14.2. The zero-order chi connectivity index (χ0) is 19.0. The number of pyridine rings is 1. The van der Waals surface area contributed by atoms with Crippen molar-refractivity contribution in [2.45, 2.75) is 6.92 Å². The fraction of sp³-hybridized carbons (Fsp3) is 0.0500. The summed E-state index contributed by atoms with van der Waals surface area (Å²) in [6.07, 6.45) is 1.75. The topological polar surface area (TPSA) is 50.7 Å². The smallest absolute Gasteiger partial charge is 0.163 e. The third-order valence-corrected chi connectivity index (χ3v) is 4.63. The molecule has 4 nitrogen and oxygen atoms in total. The first-order valence-electron chi connectivity index (χ1n) is 8.11. The Labute approximate surface area is 171 Å². The molecule has 0 radical (unpaired) electrons. The van der Waals surface area contributed by atoms with E-state index in [1.165, 1.54) is 0 Å². The summed E-state index contributed by atoms with van der Waals surface area (Å²) in [6, 6.07) is 14.6. The molecule has 134 valence electrons. The Balaban J connectivity index is 1.88. The molecule has 0 unspecified atom stereocenters. The second-order valence-corrected chi connectivity index (χ2v) is 7.34. The highest BCUT2D eigenvalue weighted by Gasteiger charge is 2.11. The quantitative estimate of drug-likeness (QED) is 0.404. The number of nitrogens with one attached hydrogen (secondary N) is 1. The van der Waals surface area contributed by atoms with Crippen LogP contribution in [-0.2, 0) is 0 Å². The van der Waals surface area contributed by atoms with E-state index in [1.54, 1.807) is 36.5 Å². The number of hydrogen-bond acceptors (Lipinski definition) is 4. The summed E-state index contributed by atoms with van der Waals surface area (Å²) in [6.45, 7) is 1.93. The van der Waals surface area contributed by atoms with Crippen LogP contribution in [0.15, 0.2) is 54.7 Å². The molecule has 0 bridgehead atoms. The average Bonchev–Trinajstić information content (AvgIpc) is 2.61. The second kappa shape index (κ2) is 7.31. The Bertz CT molecular complexity index is 1120. The van der Waals surface area contributed by atoms with Gasteiger partial charge in [0.2, 0.25) is 0 Å². The number of nitrogens with zero attached hydrogens (tertiary/aromatic N) is 3. The molecule has 0 aliphatic heterocycles. The van der Waals surface area contributed by atoms with Crippen molar-refractivity contribution in [3.63, 3.8) is 0 Å². The van der Waals surface area contributed by atoms with E-state index in [-0.39, 0.29) is 0 Å². The molecule has 2 aromatic carbocycles. The molecule has 0 fully saturated rings. The molecule has 2 aromatic heterocycles. The zero-order valence-corrected chi connectivity index (χ0v) is 16.4. The van der Waals surface area contributed by atoms with E-state index in [0.717, 1.165) is 27.8 Å². The van der Waals surface area contributed by atoms with Crippen molar-refractivity contribution in [2.24, 2.45) is 0 Å². The molecule has 0 amide bonds. The fourth-order valence-corrected chi connectivity index (χ4v) is 3.38. The Morgan fingerprint density at radius 3 is 2.30 bits per heavy atom. The SMILES string of the molecule is Cc1ccc(-c2nc(Nc3cc(Cl)cc(Cl)c3)c3ccc(Cl)cc3n2)cn1. The summed E-state index contributed by atoms with van der Waals surface area (Å²) < 4.78 is 0. The van der Waals surface area contributed by atoms with Gasteiger partial charge in [-0.25, -0.2) is 9.97 Å². The van der Waals surface area contributed by atoms with Crippen LogP contribution in [0.5, 0.6) is 0 Å². The van der Waals surface area contributed by atoms with Crippen molar-refractivity contribution < 1.29 is 0 Å². The molecule has 0 saturated carbocycles. The van der Waals surface area contributed by atoms with Crippen molar-refractivity contribution in [3.05, 3.63) is 75.5 Å². The van der Waals surface area contributed by atoms with Gasteiger partial charge >= 0.3 is 0 Å². The maximum atomic E-state index is 6.16. The maximum absolute atomic E-state index is 6.16. The van der Waals surface area contributed by atoms with Gasteiger partial charge in [-0.2, -0.15) is 0 Å². The molecule has 7 heteroatoms. The summed E-state index contributed by atoms with van der Waals surface area (Å²) in [5, 5.41) is 5.79. The Hall–Kier alpha value is -2.40. The van der Waals surface area contributed by atoms with E-state index >= 15 is 0 Å². The number of hydrogen-bond donors (Lipinski definition) is 1. The highest BCUT2D eigenvalue weighted by molar-refractivity contribution is 6.35. The Morgan fingerprint density at radius 1 is 0.815 bits per heavy atom. The van der Waals surface area contributed by atoms with Gasteiger partial charge in [0, 0.05) is 43.6 Å². The molecule has 4 rings (SSSR count). The maximum Gasteiger partial charge on any atom is 0.163 e. The molecule has 27 heavy (non-hydrogen) atoms. The third-order valence-electron chi connectivity index (χ3n) is 3.95. The van der Waals surface area contributed by atoms with Crippen LogP contribution >= 0.6 is 34.8 Å². The lowest BCUT2D eigenvalue weighted by Gasteiger charge is -2.12. The van der Waals surface area contributed by atoms with Crippen molar-refractivity contribution in [3.8, 4) is 11.4 Å². The van der Waals surface area contributed by atoms with Crippen molar-refractivity contribution in [1.82, 2.24) is 15.0 Å². The minimum absolute atomic E-state index is 0.536. The van der Waals surface area contributed by atoms with Crippen LogP contribution in [-0.4, -0.2) is 15.0 Å². The molecule has 0 aliphatic carbocycles. The normalized spacial score (nSPS) is 11.0. The highest BCUT2D eigenvalue weighted by Crippen LogP contribution is 2.31. The molecule has 4 aromatic rings. The monoisotopic (exact) mass is 414 g/mol. The largest absolute Gasteiger partial charge is 0.340 e. The summed E-state index contributed by atoms with van der Waals surface area (Å²) in [5.41, 5.74) is 3.20. The van der Waals surface area contributed by atoms with Crippen LogP contribution in [0, 0.1) is 6.92 Å². The van der Waals surface area contributed by atoms with E-state index < -0.39 is 0 Å². The van der Waals surface area contributed by atoms with Gasteiger partial charge < -0.3 is 5.32 Å². The summed E-state index contributed by atoms with van der Waals surface area (Å²) in [5.74, 6) is 1.18. The lowest BCUT2D eigenvalue weighted by molar-refractivity contribution is 1.17. The van der Waals surface area contributed by atoms with Crippen LogP contribution < -0.4 is 5.32 Å². The molecule has 0 saturated heterocycles. The molecular formula is C20H13Cl3N4. The fourth-order valence-electron chi connectivity index (χ4n) is 2.69. The number of halogens is 3. The highest BCUT2D eigenvalue weighted by atomic mass is 35.5. The Kier molecular flexibility index (Phi) is 4.87. The van der Waals surface area contributed by atoms with Crippen LogP contribution in [0.2, 0.25) is 15.1 Å². The van der Waals surface area contributed by atoms with Crippen LogP contribution in [0.25, 0.3) is 22.3 Å². The number of anilines is 2. The predicted octanol–water partition coefficient (Wildman–Crippen LogP) is 6.70. The van der Waals surface area contributed by atoms with Gasteiger partial charge in [0.1, 0.15) is 5.82 Å². The molecule has 0 spiro atoms. The first kappa shape index (κ1) is 18.0. The second-order valence-electron chi connectivity index (χ2n) is 6.03. The standard InChI is InChI=1S/C20H13Cl3N4/c1-11-2-3-12(10-24-11)19-26-18-9-13(21)4-5-17(18)20(27-19)25-16-7-14(22)6-15(23)8-16/h2-10H,1H3,(H,25,26,27). The van der Waals surface area contributed by atoms with Crippen LogP contribution in [0.3, 0.4) is 0 Å². The van der Waals surface area contributed by atoms with Crippen molar-refractivity contribution in [1.29, 1.82) is 0 Å².